The molecule has 0 aliphatic carbocycles. The zero-order valence-electron chi connectivity index (χ0n) is 26.1. The normalized spacial score (nSPS) is 15.3. The number of carbonyl (C=O) groups excluding carboxylic acids is 2. The van der Waals surface area contributed by atoms with Crippen molar-refractivity contribution in [1.82, 2.24) is 19.4 Å². The number of pyridine rings is 2. The Labute approximate surface area is 253 Å². The van der Waals surface area contributed by atoms with Crippen molar-refractivity contribution in [2.24, 2.45) is 7.05 Å². The van der Waals surface area contributed by atoms with E-state index in [0.717, 1.165) is 48.1 Å². The Balaban J connectivity index is 1.31. The fourth-order valence-electron chi connectivity index (χ4n) is 5.88. The van der Waals surface area contributed by atoms with Crippen LogP contribution >= 0.6 is 0 Å². The van der Waals surface area contributed by atoms with Crippen molar-refractivity contribution in [2.45, 2.75) is 58.1 Å². The van der Waals surface area contributed by atoms with Crippen LogP contribution in [0.4, 0.5) is 10.6 Å². The number of methoxy groups -OCH3 is 1. The highest BCUT2D eigenvalue weighted by Gasteiger charge is 2.27. The van der Waals surface area contributed by atoms with Crippen molar-refractivity contribution in [3.05, 3.63) is 77.7 Å². The molecule has 1 atom stereocenters. The predicted octanol–water partition coefficient (Wildman–Crippen LogP) is 6.73. The summed E-state index contributed by atoms with van der Waals surface area (Å²) in [4.78, 5) is 37.5. The summed E-state index contributed by atoms with van der Waals surface area (Å²) < 4.78 is 12.5. The smallest absolute Gasteiger partial charge is 0.415 e. The lowest BCUT2D eigenvalue weighted by Crippen LogP contribution is -2.35. The van der Waals surface area contributed by atoms with E-state index in [1.54, 1.807) is 13.2 Å². The molecule has 0 unspecified atom stereocenters. The van der Waals surface area contributed by atoms with Gasteiger partial charge in [0.25, 0.3) is 0 Å². The molecule has 9 nitrogen and oxygen atoms in total. The van der Waals surface area contributed by atoms with Gasteiger partial charge in [-0.25, -0.2) is 19.6 Å². The molecular formula is C34H41N5O4. The predicted molar refractivity (Wildman–Crippen MR) is 168 cm³/mol. The number of fused-ring (bicyclic) bond motifs is 1. The number of hydrogen-bond donors (Lipinski definition) is 0. The van der Waals surface area contributed by atoms with Gasteiger partial charge in [-0.1, -0.05) is 12.1 Å². The van der Waals surface area contributed by atoms with Crippen LogP contribution in [-0.2, 0) is 16.5 Å². The van der Waals surface area contributed by atoms with Crippen molar-refractivity contribution in [2.75, 3.05) is 32.1 Å². The first-order valence-corrected chi connectivity index (χ1v) is 14.8. The summed E-state index contributed by atoms with van der Waals surface area (Å²) in [6, 6.07) is 16.1. The van der Waals surface area contributed by atoms with Gasteiger partial charge >= 0.3 is 12.1 Å². The summed E-state index contributed by atoms with van der Waals surface area (Å²) in [6.07, 6.45) is 5.31. The van der Waals surface area contributed by atoms with Crippen LogP contribution in [0.1, 0.15) is 74.1 Å². The largest absolute Gasteiger partial charge is 0.465 e. The number of amides is 1. The first-order valence-electron chi connectivity index (χ1n) is 14.8. The lowest BCUT2D eigenvalue weighted by Gasteiger charge is -2.36. The molecule has 9 heteroatoms. The first-order chi connectivity index (χ1) is 20.5. The van der Waals surface area contributed by atoms with Gasteiger partial charge in [0.2, 0.25) is 0 Å². The molecule has 1 aliphatic rings. The highest BCUT2D eigenvalue weighted by molar-refractivity contribution is 5.94. The average molecular weight is 584 g/mol. The van der Waals surface area contributed by atoms with Gasteiger partial charge < -0.3 is 14.0 Å². The first kappa shape index (κ1) is 30.2. The van der Waals surface area contributed by atoms with Gasteiger partial charge in [0.15, 0.2) is 0 Å². The minimum Gasteiger partial charge on any atom is -0.465 e. The van der Waals surface area contributed by atoms with Crippen LogP contribution in [0.25, 0.3) is 22.2 Å². The number of piperidine rings is 1. The van der Waals surface area contributed by atoms with Crippen molar-refractivity contribution in [3.8, 4) is 11.1 Å². The number of aryl methyl sites for hydroxylation is 1. The Hall–Kier alpha value is -4.24. The van der Waals surface area contributed by atoms with Gasteiger partial charge in [0.1, 0.15) is 17.1 Å². The zero-order chi connectivity index (χ0) is 30.9. The third kappa shape index (κ3) is 6.41. The van der Waals surface area contributed by atoms with Crippen LogP contribution in [0, 0.1) is 0 Å². The molecule has 4 aromatic rings. The number of ether oxygens (including phenoxy) is 2. The summed E-state index contributed by atoms with van der Waals surface area (Å²) in [6.45, 7) is 9.77. The molecule has 0 bridgehead atoms. The molecule has 0 saturated carbocycles. The molecule has 43 heavy (non-hydrogen) atoms. The molecule has 1 saturated heterocycles. The van der Waals surface area contributed by atoms with E-state index in [-0.39, 0.29) is 12.0 Å². The third-order valence-corrected chi connectivity index (χ3v) is 8.34. The molecule has 0 radical (unpaired) electrons. The molecule has 4 heterocycles. The van der Waals surface area contributed by atoms with Gasteiger partial charge in [-0.05, 0) is 107 Å². The van der Waals surface area contributed by atoms with E-state index in [2.05, 4.69) is 46.6 Å². The zero-order valence-corrected chi connectivity index (χ0v) is 26.1. The topological polar surface area (TPSA) is 89.8 Å². The third-order valence-electron chi connectivity index (χ3n) is 8.34. The van der Waals surface area contributed by atoms with Crippen molar-refractivity contribution >= 4 is 28.9 Å². The van der Waals surface area contributed by atoms with E-state index in [1.807, 2.05) is 57.3 Å². The summed E-state index contributed by atoms with van der Waals surface area (Å²) >= 11 is 0. The standard InChI is InChI=1S/C34H41N5O4/c1-22(39-18-15-24(16-19-39)23-8-10-25(11-9-23)32(40)42-7)29-20-28-27(14-17-35-31(28)37(29)5)26-12-13-30(36-21-26)38(6)33(41)43-34(2,3)4/h8-14,17,20-22,24H,15-16,18-19H2,1-7H3/t22-/m0/s1. The molecule has 1 aliphatic heterocycles. The van der Waals surface area contributed by atoms with Gasteiger partial charge in [-0.3, -0.25) is 9.80 Å². The molecule has 1 amide bonds. The number of nitrogens with zero attached hydrogens (tertiary/aromatic N) is 5. The summed E-state index contributed by atoms with van der Waals surface area (Å²) in [5.74, 6) is 0.691. The molecule has 5 rings (SSSR count). The van der Waals surface area contributed by atoms with Crippen molar-refractivity contribution in [3.63, 3.8) is 0 Å². The van der Waals surface area contributed by atoms with Gasteiger partial charge in [0, 0.05) is 49.2 Å². The van der Waals surface area contributed by atoms with Gasteiger partial charge in [-0.15, -0.1) is 0 Å². The number of aromatic nitrogens is 3. The van der Waals surface area contributed by atoms with E-state index in [9.17, 15) is 9.59 Å². The number of carbonyl (C=O) groups is 2. The Bertz CT molecular complexity index is 1600. The summed E-state index contributed by atoms with van der Waals surface area (Å²) in [7, 11) is 5.15. The molecule has 0 N–H and O–H groups in total. The van der Waals surface area contributed by atoms with E-state index >= 15 is 0 Å². The van der Waals surface area contributed by atoms with Crippen LogP contribution in [0.2, 0.25) is 0 Å². The fraction of sp³-hybridized carbons (Fsp3) is 0.412. The van der Waals surface area contributed by atoms with Crippen LogP contribution in [0.15, 0.2) is 60.9 Å². The second-order valence-corrected chi connectivity index (χ2v) is 12.3. The van der Waals surface area contributed by atoms with Crippen LogP contribution in [-0.4, -0.2) is 64.3 Å². The second kappa shape index (κ2) is 12.2. The second-order valence-electron chi connectivity index (χ2n) is 12.3. The summed E-state index contributed by atoms with van der Waals surface area (Å²) in [5, 5.41) is 1.07. The average Bonchev–Trinajstić information content (AvgIpc) is 3.35. The maximum atomic E-state index is 12.5. The van der Waals surface area contributed by atoms with Crippen molar-refractivity contribution in [1.29, 1.82) is 0 Å². The molecule has 1 fully saturated rings. The lowest BCUT2D eigenvalue weighted by atomic mass is 9.88. The van der Waals surface area contributed by atoms with Gasteiger partial charge in [0.05, 0.1) is 12.7 Å². The van der Waals surface area contributed by atoms with E-state index < -0.39 is 11.7 Å². The number of rotatable bonds is 6. The maximum absolute atomic E-state index is 12.5. The number of benzene rings is 1. The number of likely N-dealkylation sites (tertiary alicyclic amines) is 1. The molecular weight excluding hydrogens is 542 g/mol. The summed E-state index contributed by atoms with van der Waals surface area (Å²) in [5.41, 5.74) is 5.42. The Morgan fingerprint density at radius 1 is 1.02 bits per heavy atom. The van der Waals surface area contributed by atoms with Crippen molar-refractivity contribution < 1.29 is 19.1 Å². The Kier molecular flexibility index (Phi) is 8.55. The SMILES string of the molecule is COC(=O)c1ccc(C2CCN([C@@H](C)c3cc4c(-c5ccc(N(C)C(=O)OC(C)(C)C)nc5)ccnc4n3C)CC2)cc1. The molecule has 1 aromatic carbocycles. The van der Waals surface area contributed by atoms with E-state index in [0.29, 0.717) is 17.3 Å². The monoisotopic (exact) mass is 583 g/mol. The number of esters is 1. The minimum atomic E-state index is -0.578. The highest BCUT2D eigenvalue weighted by atomic mass is 16.6. The number of anilines is 1. The van der Waals surface area contributed by atoms with Crippen LogP contribution < -0.4 is 4.90 Å². The van der Waals surface area contributed by atoms with Crippen LogP contribution in [0.3, 0.4) is 0 Å². The fourth-order valence-corrected chi connectivity index (χ4v) is 5.88. The lowest BCUT2D eigenvalue weighted by molar-refractivity contribution is 0.0583. The highest BCUT2D eigenvalue weighted by Crippen LogP contribution is 2.36. The van der Waals surface area contributed by atoms with Crippen LogP contribution in [0.5, 0.6) is 0 Å². The maximum Gasteiger partial charge on any atom is 0.415 e. The van der Waals surface area contributed by atoms with E-state index in [4.69, 9.17) is 14.5 Å². The van der Waals surface area contributed by atoms with Gasteiger partial charge in [-0.2, -0.15) is 0 Å². The van der Waals surface area contributed by atoms with E-state index in [1.165, 1.54) is 23.3 Å². The number of hydrogen-bond acceptors (Lipinski definition) is 7. The molecule has 226 valence electrons. The quantitative estimate of drug-likeness (QED) is 0.232. The molecule has 3 aromatic heterocycles. The Morgan fingerprint density at radius 2 is 1.72 bits per heavy atom. The molecule has 0 spiro atoms. The Morgan fingerprint density at radius 3 is 2.33 bits per heavy atom. The minimum absolute atomic E-state index is 0.220.